The minimum Gasteiger partial charge on any atom is -0.480 e. The zero-order valence-electron chi connectivity index (χ0n) is 8.58. The summed E-state index contributed by atoms with van der Waals surface area (Å²) in [6.45, 7) is 7.39. The molecule has 0 aromatic carbocycles. The van der Waals surface area contributed by atoms with E-state index in [2.05, 4.69) is 6.58 Å². The molecule has 4 heteroatoms. The van der Waals surface area contributed by atoms with Gasteiger partial charge in [0, 0.05) is 0 Å². The molecule has 1 N–H and O–H groups in total. The number of esters is 1. The molecule has 1 atom stereocenters. The van der Waals surface area contributed by atoms with Crippen molar-refractivity contribution in [2.75, 3.05) is 6.61 Å². The normalized spacial score (nSPS) is 11.9. The minimum atomic E-state index is -1.22. The second-order valence-corrected chi connectivity index (χ2v) is 2.95. The largest absolute Gasteiger partial charge is 0.480 e. The highest BCUT2D eigenvalue weighted by molar-refractivity contribution is 5.97. The van der Waals surface area contributed by atoms with E-state index in [1.165, 1.54) is 0 Å². The number of hydrogen-bond donors (Lipinski definition) is 1. The van der Waals surface area contributed by atoms with Gasteiger partial charge in [-0.25, -0.2) is 0 Å². The molecule has 80 valence electrons. The molecule has 0 fully saturated rings. The van der Waals surface area contributed by atoms with Gasteiger partial charge in [-0.3, -0.25) is 9.59 Å². The summed E-state index contributed by atoms with van der Waals surface area (Å²) in [5.74, 6) is -3.13. The standard InChI is InChI=1S/C10H16O4/c1-4-6-14-10(13)8(9(11)12)7(3)5-2/h8H,3-6H2,1-2H3,(H,11,12). The van der Waals surface area contributed by atoms with Crippen LogP contribution in [0.4, 0.5) is 0 Å². The second kappa shape index (κ2) is 6.18. The van der Waals surface area contributed by atoms with Crippen LogP contribution in [0, 0.1) is 5.92 Å². The van der Waals surface area contributed by atoms with Gasteiger partial charge in [-0.15, -0.1) is 0 Å². The quantitative estimate of drug-likeness (QED) is 0.402. The SMILES string of the molecule is C=C(CC)C(C(=O)O)C(=O)OCCC. The Kier molecular flexibility index (Phi) is 5.60. The number of ether oxygens (including phenoxy) is 1. The number of rotatable bonds is 6. The monoisotopic (exact) mass is 200 g/mol. The van der Waals surface area contributed by atoms with E-state index in [-0.39, 0.29) is 6.61 Å². The number of hydrogen-bond acceptors (Lipinski definition) is 3. The van der Waals surface area contributed by atoms with Crippen molar-refractivity contribution >= 4 is 11.9 Å². The molecule has 4 nitrogen and oxygen atoms in total. The minimum absolute atomic E-state index is 0.250. The first-order chi connectivity index (χ1) is 6.54. The Morgan fingerprint density at radius 2 is 2.00 bits per heavy atom. The third kappa shape index (κ3) is 3.60. The molecular weight excluding hydrogens is 184 g/mol. The van der Waals surface area contributed by atoms with Crippen molar-refractivity contribution in [2.45, 2.75) is 26.7 Å². The van der Waals surface area contributed by atoms with Crippen molar-refractivity contribution in [3.63, 3.8) is 0 Å². The highest BCUT2D eigenvalue weighted by Gasteiger charge is 2.29. The summed E-state index contributed by atoms with van der Waals surface area (Å²) in [5, 5.41) is 8.78. The summed E-state index contributed by atoms with van der Waals surface area (Å²) in [5.41, 5.74) is 0.374. The van der Waals surface area contributed by atoms with Crippen molar-refractivity contribution in [1.29, 1.82) is 0 Å². The molecular formula is C10H16O4. The van der Waals surface area contributed by atoms with Crippen LogP contribution in [0.25, 0.3) is 0 Å². The van der Waals surface area contributed by atoms with E-state index in [0.717, 1.165) is 0 Å². The Morgan fingerprint density at radius 1 is 1.43 bits per heavy atom. The number of carbonyl (C=O) groups excluding carboxylic acids is 1. The highest BCUT2D eigenvalue weighted by atomic mass is 16.5. The number of carboxylic acids is 1. The fourth-order valence-corrected chi connectivity index (χ4v) is 0.932. The fourth-order valence-electron chi connectivity index (χ4n) is 0.932. The summed E-state index contributed by atoms with van der Waals surface area (Å²) in [4.78, 5) is 22.0. The Morgan fingerprint density at radius 3 is 2.36 bits per heavy atom. The summed E-state index contributed by atoms with van der Waals surface area (Å²) in [7, 11) is 0. The van der Waals surface area contributed by atoms with Gasteiger partial charge in [0.15, 0.2) is 5.92 Å². The fraction of sp³-hybridized carbons (Fsp3) is 0.600. The molecule has 0 aliphatic heterocycles. The molecule has 0 rings (SSSR count). The van der Waals surface area contributed by atoms with Gasteiger partial charge in [-0.05, 0) is 12.8 Å². The Hall–Kier alpha value is -1.32. The molecule has 0 aliphatic rings. The van der Waals surface area contributed by atoms with E-state index in [0.29, 0.717) is 18.4 Å². The van der Waals surface area contributed by atoms with Gasteiger partial charge in [-0.2, -0.15) is 0 Å². The predicted octanol–water partition coefficient (Wildman–Crippen LogP) is 1.61. The highest BCUT2D eigenvalue weighted by Crippen LogP contribution is 2.14. The summed E-state index contributed by atoms with van der Waals surface area (Å²) < 4.78 is 4.76. The number of carbonyl (C=O) groups is 2. The smallest absolute Gasteiger partial charge is 0.324 e. The average Bonchev–Trinajstić information content (AvgIpc) is 2.14. The van der Waals surface area contributed by atoms with Crippen molar-refractivity contribution in [3.8, 4) is 0 Å². The van der Waals surface area contributed by atoms with Crippen LogP contribution in [-0.4, -0.2) is 23.7 Å². The lowest BCUT2D eigenvalue weighted by molar-refractivity contribution is -0.156. The van der Waals surface area contributed by atoms with E-state index in [1.54, 1.807) is 6.92 Å². The van der Waals surface area contributed by atoms with Crippen molar-refractivity contribution in [1.82, 2.24) is 0 Å². The lowest BCUT2D eigenvalue weighted by Crippen LogP contribution is -2.27. The van der Waals surface area contributed by atoms with Crippen LogP contribution < -0.4 is 0 Å². The van der Waals surface area contributed by atoms with E-state index in [9.17, 15) is 9.59 Å². The van der Waals surface area contributed by atoms with Gasteiger partial charge in [-0.1, -0.05) is 26.0 Å². The molecule has 0 aliphatic carbocycles. The third-order valence-electron chi connectivity index (χ3n) is 1.79. The molecule has 0 radical (unpaired) electrons. The van der Waals surface area contributed by atoms with Gasteiger partial charge < -0.3 is 9.84 Å². The molecule has 0 amide bonds. The van der Waals surface area contributed by atoms with Gasteiger partial charge in [0.05, 0.1) is 6.61 Å². The first-order valence-corrected chi connectivity index (χ1v) is 4.61. The topological polar surface area (TPSA) is 63.6 Å². The lowest BCUT2D eigenvalue weighted by atomic mass is 9.99. The molecule has 0 bridgehead atoms. The third-order valence-corrected chi connectivity index (χ3v) is 1.79. The van der Waals surface area contributed by atoms with Gasteiger partial charge in [0.25, 0.3) is 0 Å². The molecule has 14 heavy (non-hydrogen) atoms. The van der Waals surface area contributed by atoms with Gasteiger partial charge >= 0.3 is 11.9 Å². The Labute approximate surface area is 83.6 Å². The average molecular weight is 200 g/mol. The summed E-state index contributed by atoms with van der Waals surface area (Å²) >= 11 is 0. The van der Waals surface area contributed by atoms with Gasteiger partial charge in [0.1, 0.15) is 0 Å². The zero-order chi connectivity index (χ0) is 11.1. The van der Waals surface area contributed by atoms with Crippen LogP contribution in [0.1, 0.15) is 26.7 Å². The maximum atomic E-state index is 11.3. The van der Waals surface area contributed by atoms with E-state index >= 15 is 0 Å². The lowest BCUT2D eigenvalue weighted by Gasteiger charge is -2.12. The Balaban J connectivity index is 4.42. The van der Waals surface area contributed by atoms with Crippen molar-refractivity contribution < 1.29 is 19.4 Å². The summed E-state index contributed by atoms with van der Waals surface area (Å²) in [6.07, 6.45) is 1.13. The molecule has 0 spiro atoms. The number of carboxylic acid groups (broad SMARTS) is 1. The molecule has 0 saturated heterocycles. The maximum absolute atomic E-state index is 11.3. The van der Waals surface area contributed by atoms with Crippen molar-refractivity contribution in [3.05, 3.63) is 12.2 Å². The van der Waals surface area contributed by atoms with E-state index < -0.39 is 17.9 Å². The maximum Gasteiger partial charge on any atom is 0.324 e. The predicted molar refractivity (Wildman–Crippen MR) is 51.8 cm³/mol. The molecule has 0 saturated carbocycles. The van der Waals surface area contributed by atoms with E-state index in [4.69, 9.17) is 9.84 Å². The van der Waals surface area contributed by atoms with Crippen LogP contribution >= 0.6 is 0 Å². The van der Waals surface area contributed by atoms with Crippen LogP contribution in [-0.2, 0) is 14.3 Å². The zero-order valence-corrected chi connectivity index (χ0v) is 8.58. The summed E-state index contributed by atoms with van der Waals surface area (Å²) in [6, 6.07) is 0. The molecule has 1 unspecified atom stereocenters. The van der Waals surface area contributed by atoms with Gasteiger partial charge in [0.2, 0.25) is 0 Å². The van der Waals surface area contributed by atoms with Crippen LogP contribution in [0.15, 0.2) is 12.2 Å². The van der Waals surface area contributed by atoms with Crippen LogP contribution in [0.5, 0.6) is 0 Å². The molecule has 0 heterocycles. The molecule has 0 aromatic rings. The number of aliphatic carboxylic acids is 1. The second-order valence-electron chi connectivity index (χ2n) is 2.95. The first kappa shape index (κ1) is 12.7. The van der Waals surface area contributed by atoms with Crippen molar-refractivity contribution in [2.24, 2.45) is 5.92 Å². The van der Waals surface area contributed by atoms with E-state index in [1.807, 2.05) is 6.92 Å². The Bertz CT molecular complexity index is 232. The van der Waals surface area contributed by atoms with Crippen LogP contribution in [0.3, 0.4) is 0 Å². The molecule has 0 aromatic heterocycles. The first-order valence-electron chi connectivity index (χ1n) is 4.61. The van der Waals surface area contributed by atoms with Crippen LogP contribution in [0.2, 0.25) is 0 Å².